The lowest BCUT2D eigenvalue weighted by Gasteiger charge is -2.29. The quantitative estimate of drug-likeness (QED) is 0.735. The van der Waals surface area contributed by atoms with Gasteiger partial charge in [-0.05, 0) is 26.2 Å². The highest BCUT2D eigenvalue weighted by Crippen LogP contribution is 2.28. The van der Waals surface area contributed by atoms with E-state index in [0.717, 1.165) is 0 Å². The van der Waals surface area contributed by atoms with E-state index in [9.17, 15) is 9.18 Å². The van der Waals surface area contributed by atoms with Gasteiger partial charge in [0.2, 0.25) is 0 Å². The van der Waals surface area contributed by atoms with Gasteiger partial charge in [0.1, 0.15) is 6.17 Å². The van der Waals surface area contributed by atoms with Crippen molar-refractivity contribution in [1.29, 1.82) is 0 Å². The molecule has 76 valence electrons. The Morgan fingerprint density at radius 1 is 1.62 bits per heavy atom. The average molecular weight is 190 g/mol. The Morgan fingerprint density at radius 2 is 2.31 bits per heavy atom. The Hall–Kier alpha value is -0.640. The summed E-state index contributed by atoms with van der Waals surface area (Å²) in [5.41, 5.74) is 0. The van der Waals surface area contributed by atoms with Crippen LogP contribution in [0.4, 0.5) is 4.39 Å². The summed E-state index contributed by atoms with van der Waals surface area (Å²) in [6, 6.07) is 0. The van der Waals surface area contributed by atoms with Crippen molar-refractivity contribution in [2.24, 2.45) is 5.92 Å². The van der Waals surface area contributed by atoms with Gasteiger partial charge in [-0.3, -0.25) is 4.79 Å². The second-order valence-electron chi connectivity index (χ2n) is 3.36. The molecule has 0 aromatic rings. The van der Waals surface area contributed by atoms with E-state index in [2.05, 4.69) is 0 Å². The van der Waals surface area contributed by atoms with Gasteiger partial charge in [0, 0.05) is 6.61 Å². The molecule has 1 rings (SSSR count). The normalized spacial score (nSPS) is 34.5. The van der Waals surface area contributed by atoms with Crippen LogP contribution in [0.25, 0.3) is 0 Å². The van der Waals surface area contributed by atoms with E-state index in [1.54, 1.807) is 0 Å². The van der Waals surface area contributed by atoms with Crippen LogP contribution in [0.2, 0.25) is 0 Å². The summed E-state index contributed by atoms with van der Waals surface area (Å²) in [4.78, 5) is 10.6. The number of halogens is 1. The first-order valence-electron chi connectivity index (χ1n) is 4.63. The summed E-state index contributed by atoms with van der Waals surface area (Å²) in [6.07, 6.45) is -0.359. The summed E-state index contributed by atoms with van der Waals surface area (Å²) >= 11 is 0. The number of carboxylic acids is 1. The summed E-state index contributed by atoms with van der Waals surface area (Å²) < 4.78 is 18.4. The summed E-state index contributed by atoms with van der Waals surface area (Å²) in [6.45, 7) is 2.30. The van der Waals surface area contributed by atoms with Gasteiger partial charge >= 0.3 is 5.97 Å². The van der Waals surface area contributed by atoms with Gasteiger partial charge in [0.05, 0.1) is 12.0 Å². The number of hydrogen-bond donors (Lipinski definition) is 1. The highest BCUT2D eigenvalue weighted by molar-refractivity contribution is 5.70. The minimum Gasteiger partial charge on any atom is -0.481 e. The van der Waals surface area contributed by atoms with Crippen LogP contribution in [-0.4, -0.2) is 30.0 Å². The maximum absolute atomic E-state index is 13.3. The van der Waals surface area contributed by atoms with Gasteiger partial charge in [-0.2, -0.15) is 0 Å². The van der Waals surface area contributed by atoms with Crippen LogP contribution in [0.5, 0.6) is 0 Å². The van der Waals surface area contributed by atoms with E-state index < -0.39 is 18.1 Å². The van der Waals surface area contributed by atoms with E-state index >= 15 is 0 Å². The van der Waals surface area contributed by atoms with Crippen molar-refractivity contribution < 1.29 is 19.0 Å². The highest BCUT2D eigenvalue weighted by atomic mass is 19.1. The molecule has 0 saturated heterocycles. The van der Waals surface area contributed by atoms with E-state index in [4.69, 9.17) is 9.84 Å². The van der Waals surface area contributed by atoms with Crippen molar-refractivity contribution in [1.82, 2.24) is 0 Å². The monoisotopic (exact) mass is 190 g/mol. The van der Waals surface area contributed by atoms with Crippen molar-refractivity contribution >= 4 is 5.97 Å². The van der Waals surface area contributed by atoms with Crippen LogP contribution in [0.1, 0.15) is 26.2 Å². The lowest BCUT2D eigenvalue weighted by atomic mass is 9.86. The number of aliphatic carboxylic acids is 1. The lowest BCUT2D eigenvalue weighted by Crippen LogP contribution is -2.35. The summed E-state index contributed by atoms with van der Waals surface area (Å²) in [7, 11) is 0. The largest absolute Gasteiger partial charge is 0.481 e. The van der Waals surface area contributed by atoms with Crippen molar-refractivity contribution in [3.63, 3.8) is 0 Å². The van der Waals surface area contributed by atoms with Crippen LogP contribution < -0.4 is 0 Å². The van der Waals surface area contributed by atoms with Crippen LogP contribution in [0, 0.1) is 5.92 Å². The Bertz CT molecular complexity index is 184. The molecule has 1 aliphatic carbocycles. The zero-order chi connectivity index (χ0) is 9.84. The molecule has 3 nitrogen and oxygen atoms in total. The topological polar surface area (TPSA) is 46.5 Å². The van der Waals surface area contributed by atoms with Gasteiger partial charge in [0.15, 0.2) is 0 Å². The maximum atomic E-state index is 13.3. The minimum absolute atomic E-state index is 0.0972. The molecular weight excluding hydrogens is 175 g/mol. The fraction of sp³-hybridized carbons (Fsp3) is 0.889. The molecule has 1 fully saturated rings. The molecule has 4 heteroatoms. The van der Waals surface area contributed by atoms with Crippen LogP contribution in [0.3, 0.4) is 0 Å². The van der Waals surface area contributed by atoms with E-state index in [-0.39, 0.29) is 12.5 Å². The number of carboxylic acid groups (broad SMARTS) is 1. The zero-order valence-electron chi connectivity index (χ0n) is 7.70. The third-order valence-corrected chi connectivity index (χ3v) is 2.44. The number of ether oxygens (including phenoxy) is 1. The predicted octanol–water partition coefficient (Wildman–Crippen LogP) is 1.61. The summed E-state index contributed by atoms with van der Waals surface area (Å²) in [5, 5.41) is 8.66. The summed E-state index contributed by atoms with van der Waals surface area (Å²) in [5.74, 6) is -1.41. The molecule has 3 atom stereocenters. The second kappa shape index (κ2) is 4.56. The molecule has 0 radical (unpaired) electrons. The first-order valence-corrected chi connectivity index (χ1v) is 4.63. The molecule has 0 heterocycles. The maximum Gasteiger partial charge on any atom is 0.306 e. The Kier molecular flexibility index (Phi) is 3.66. The van der Waals surface area contributed by atoms with E-state index in [1.807, 2.05) is 6.92 Å². The van der Waals surface area contributed by atoms with Crippen molar-refractivity contribution in [2.45, 2.75) is 38.5 Å². The van der Waals surface area contributed by atoms with E-state index in [0.29, 0.717) is 19.4 Å². The number of carbonyl (C=O) groups is 1. The van der Waals surface area contributed by atoms with Crippen molar-refractivity contribution in [3.05, 3.63) is 0 Å². The molecule has 0 aromatic heterocycles. The second-order valence-corrected chi connectivity index (χ2v) is 3.36. The lowest BCUT2D eigenvalue weighted by molar-refractivity contribution is -0.145. The van der Waals surface area contributed by atoms with Crippen LogP contribution >= 0.6 is 0 Å². The minimum atomic E-state index is -1.12. The number of alkyl halides is 1. The fourth-order valence-corrected chi connectivity index (χ4v) is 1.71. The molecule has 0 aromatic carbocycles. The van der Waals surface area contributed by atoms with Gasteiger partial charge in [-0.25, -0.2) is 4.39 Å². The Balaban J connectivity index is 2.41. The Labute approximate surface area is 76.9 Å². The predicted molar refractivity (Wildman–Crippen MR) is 45.3 cm³/mol. The molecule has 0 bridgehead atoms. The molecule has 1 saturated carbocycles. The first-order chi connectivity index (χ1) is 6.15. The van der Waals surface area contributed by atoms with Crippen LogP contribution in [0.15, 0.2) is 0 Å². The average Bonchev–Trinajstić information content (AvgIpc) is 2.08. The van der Waals surface area contributed by atoms with Crippen molar-refractivity contribution in [2.75, 3.05) is 6.61 Å². The van der Waals surface area contributed by atoms with Crippen molar-refractivity contribution in [3.8, 4) is 0 Å². The van der Waals surface area contributed by atoms with Gasteiger partial charge in [-0.15, -0.1) is 0 Å². The van der Waals surface area contributed by atoms with Crippen LogP contribution in [-0.2, 0) is 9.53 Å². The molecule has 3 unspecified atom stereocenters. The zero-order valence-corrected chi connectivity index (χ0v) is 7.70. The SMILES string of the molecule is CCOC1CCC(C(=O)O)CC1F. The van der Waals surface area contributed by atoms with E-state index in [1.165, 1.54) is 0 Å². The Morgan fingerprint density at radius 3 is 2.77 bits per heavy atom. The number of hydrogen-bond acceptors (Lipinski definition) is 2. The molecule has 1 aliphatic rings. The smallest absolute Gasteiger partial charge is 0.306 e. The molecule has 1 N–H and O–H groups in total. The van der Waals surface area contributed by atoms with Gasteiger partial charge < -0.3 is 9.84 Å². The molecule has 0 aliphatic heterocycles. The molecule has 0 amide bonds. The highest BCUT2D eigenvalue weighted by Gasteiger charge is 2.34. The molecule has 13 heavy (non-hydrogen) atoms. The fourth-order valence-electron chi connectivity index (χ4n) is 1.71. The number of rotatable bonds is 3. The molecule has 0 spiro atoms. The third-order valence-electron chi connectivity index (χ3n) is 2.44. The standard InChI is InChI=1S/C9H15FO3/c1-2-13-8-4-3-6(9(11)12)5-7(8)10/h6-8H,2-5H2,1H3,(H,11,12). The first kappa shape index (κ1) is 10.4. The van der Waals surface area contributed by atoms with Gasteiger partial charge in [-0.1, -0.05) is 0 Å². The molecular formula is C9H15FO3. The van der Waals surface area contributed by atoms with Gasteiger partial charge in [0.25, 0.3) is 0 Å². The third kappa shape index (κ3) is 2.66.